The number of aromatic nitrogens is 1. The maximum atomic E-state index is 5.83. The number of benzene rings is 2. The maximum Gasteiger partial charge on any atom is 0.203 e. The van der Waals surface area contributed by atoms with Crippen molar-refractivity contribution >= 4 is 38.6 Å². The molecule has 7 heteroatoms. The summed E-state index contributed by atoms with van der Waals surface area (Å²) in [6.07, 6.45) is 3.81. The van der Waals surface area contributed by atoms with E-state index in [9.17, 15) is 0 Å². The van der Waals surface area contributed by atoms with Gasteiger partial charge in [0.15, 0.2) is 11.5 Å². The zero-order chi connectivity index (χ0) is 19.8. The topological polar surface area (TPSA) is 55.7 Å². The predicted molar refractivity (Wildman–Crippen MR) is 120 cm³/mol. The number of methoxy groups -OCH3 is 1. The highest BCUT2D eigenvalue weighted by Crippen LogP contribution is 2.36. The molecule has 0 aliphatic carbocycles. The van der Waals surface area contributed by atoms with Gasteiger partial charge in [0.25, 0.3) is 0 Å². The van der Waals surface area contributed by atoms with Gasteiger partial charge in [0, 0.05) is 10.9 Å². The fraction of sp³-hybridized carbons (Fsp3) is 0.238. The summed E-state index contributed by atoms with van der Waals surface area (Å²) in [5.74, 6) is 1.39. The number of halogens is 1. The quantitative estimate of drug-likeness (QED) is 0.235. The normalized spacial score (nSPS) is 11.0. The zero-order valence-electron chi connectivity index (χ0n) is 15.8. The Labute approximate surface area is 177 Å². The highest BCUT2D eigenvalue weighted by atomic mass is 79.9. The summed E-state index contributed by atoms with van der Waals surface area (Å²) >= 11 is 5.07. The van der Waals surface area contributed by atoms with Crippen molar-refractivity contribution < 1.29 is 9.47 Å². The average Bonchev–Trinajstić information content (AvgIpc) is 3.19. The molecule has 0 saturated carbocycles. The Morgan fingerprint density at radius 3 is 2.82 bits per heavy atom. The monoisotopic (exact) mass is 459 g/mol. The molecule has 0 aliphatic rings. The van der Waals surface area contributed by atoms with Crippen LogP contribution in [0, 0.1) is 0 Å². The van der Waals surface area contributed by atoms with E-state index in [1.54, 1.807) is 13.3 Å². The molecule has 2 aromatic carbocycles. The molecule has 3 aromatic rings. The lowest BCUT2D eigenvalue weighted by atomic mass is 10.2. The number of hydrogen-bond acceptors (Lipinski definition) is 6. The van der Waals surface area contributed by atoms with Crippen molar-refractivity contribution in [2.75, 3.05) is 19.1 Å². The summed E-state index contributed by atoms with van der Waals surface area (Å²) < 4.78 is 12.1. The molecule has 146 valence electrons. The van der Waals surface area contributed by atoms with E-state index in [0.717, 1.165) is 39.3 Å². The van der Waals surface area contributed by atoms with E-state index in [0.29, 0.717) is 18.1 Å². The molecule has 0 radical (unpaired) electrons. The van der Waals surface area contributed by atoms with Gasteiger partial charge in [0.2, 0.25) is 5.13 Å². The summed E-state index contributed by atoms with van der Waals surface area (Å²) in [4.78, 5) is 4.56. The third kappa shape index (κ3) is 5.33. The standard InChI is InChI=1S/C21H22BrN3O2S/c1-3-4-10-27-20-17(22)11-15(12-19(20)26-2)13-23-25-21-24-18(14-28-21)16-8-6-5-7-9-16/h5-9,11-14H,3-4,10H2,1-2H3,(H,24,25). The van der Waals surface area contributed by atoms with Crippen LogP contribution in [0.2, 0.25) is 0 Å². The van der Waals surface area contributed by atoms with Crippen molar-refractivity contribution in [1.82, 2.24) is 4.98 Å². The van der Waals surface area contributed by atoms with Crippen molar-refractivity contribution in [3.05, 3.63) is 57.9 Å². The van der Waals surface area contributed by atoms with Crippen LogP contribution in [0.15, 0.2) is 57.4 Å². The van der Waals surface area contributed by atoms with Crippen LogP contribution < -0.4 is 14.9 Å². The van der Waals surface area contributed by atoms with Crippen molar-refractivity contribution in [3.63, 3.8) is 0 Å². The highest BCUT2D eigenvalue weighted by Gasteiger charge is 2.11. The van der Waals surface area contributed by atoms with Crippen LogP contribution in [-0.2, 0) is 0 Å². The second-order valence-corrected chi connectivity index (χ2v) is 7.72. The van der Waals surface area contributed by atoms with Crippen LogP contribution in [0.5, 0.6) is 11.5 Å². The Kier molecular flexibility index (Phi) is 7.45. The van der Waals surface area contributed by atoms with Crippen LogP contribution in [0.25, 0.3) is 11.3 Å². The lowest BCUT2D eigenvalue weighted by Crippen LogP contribution is -2.01. The van der Waals surface area contributed by atoms with Crippen molar-refractivity contribution in [3.8, 4) is 22.8 Å². The Bertz CT molecular complexity index is 929. The number of nitrogens with zero attached hydrogens (tertiary/aromatic N) is 2. The van der Waals surface area contributed by atoms with E-state index >= 15 is 0 Å². The molecule has 0 saturated heterocycles. The molecule has 0 aliphatic heterocycles. The molecule has 0 unspecified atom stereocenters. The van der Waals surface area contributed by atoms with Gasteiger partial charge in [-0.3, -0.25) is 5.43 Å². The minimum absolute atomic E-state index is 0.661. The minimum atomic E-state index is 0.661. The molecule has 0 amide bonds. The molecule has 0 fully saturated rings. The number of hydrogen-bond donors (Lipinski definition) is 1. The molecule has 5 nitrogen and oxygen atoms in total. The molecule has 1 heterocycles. The smallest absolute Gasteiger partial charge is 0.203 e. The highest BCUT2D eigenvalue weighted by molar-refractivity contribution is 9.10. The van der Waals surface area contributed by atoms with Crippen LogP contribution in [0.1, 0.15) is 25.3 Å². The zero-order valence-corrected chi connectivity index (χ0v) is 18.2. The summed E-state index contributed by atoms with van der Waals surface area (Å²) in [5.41, 5.74) is 5.89. The van der Waals surface area contributed by atoms with Crippen LogP contribution >= 0.6 is 27.3 Å². The fourth-order valence-corrected chi connectivity index (χ4v) is 3.74. The Balaban J connectivity index is 1.67. The Hall–Kier alpha value is -2.38. The van der Waals surface area contributed by atoms with Gasteiger partial charge in [-0.25, -0.2) is 4.98 Å². The second kappa shape index (κ2) is 10.2. The fourth-order valence-electron chi connectivity index (χ4n) is 2.50. The molecule has 1 aromatic heterocycles. The molecule has 0 bridgehead atoms. The lowest BCUT2D eigenvalue weighted by Gasteiger charge is -2.13. The summed E-state index contributed by atoms with van der Waals surface area (Å²) in [7, 11) is 1.63. The molecule has 28 heavy (non-hydrogen) atoms. The van der Waals surface area contributed by atoms with E-state index in [1.807, 2.05) is 47.8 Å². The number of hydrazone groups is 1. The number of unbranched alkanes of at least 4 members (excludes halogenated alkanes) is 1. The third-order valence-corrected chi connectivity index (χ3v) is 5.28. The summed E-state index contributed by atoms with van der Waals surface area (Å²) in [6.45, 7) is 2.79. The maximum absolute atomic E-state index is 5.83. The molecule has 0 spiro atoms. The number of nitrogens with one attached hydrogen (secondary N) is 1. The van der Waals surface area contributed by atoms with Crippen molar-refractivity contribution in [2.24, 2.45) is 5.10 Å². The first-order chi connectivity index (χ1) is 13.7. The second-order valence-electron chi connectivity index (χ2n) is 6.01. The number of rotatable bonds is 9. The van der Waals surface area contributed by atoms with Gasteiger partial charge in [-0.1, -0.05) is 43.7 Å². The largest absolute Gasteiger partial charge is 0.493 e. The molecular weight excluding hydrogens is 438 g/mol. The molecular formula is C21H22BrN3O2S. The van der Waals surface area contributed by atoms with Gasteiger partial charge < -0.3 is 9.47 Å². The number of anilines is 1. The Morgan fingerprint density at radius 1 is 1.25 bits per heavy atom. The summed E-state index contributed by atoms with van der Waals surface area (Å²) in [6, 6.07) is 13.9. The van der Waals surface area contributed by atoms with Crippen molar-refractivity contribution in [2.45, 2.75) is 19.8 Å². The van der Waals surface area contributed by atoms with E-state index in [-0.39, 0.29) is 0 Å². The number of ether oxygens (including phenoxy) is 2. The Morgan fingerprint density at radius 2 is 2.07 bits per heavy atom. The summed E-state index contributed by atoms with van der Waals surface area (Å²) in [5, 5.41) is 7.04. The van der Waals surface area contributed by atoms with E-state index < -0.39 is 0 Å². The van der Waals surface area contributed by atoms with Gasteiger partial charge in [-0.15, -0.1) is 11.3 Å². The van der Waals surface area contributed by atoms with Gasteiger partial charge in [0.1, 0.15) is 0 Å². The SMILES string of the molecule is CCCCOc1c(Br)cc(C=NNc2nc(-c3ccccc3)cs2)cc1OC. The third-order valence-electron chi connectivity index (χ3n) is 3.94. The van der Waals surface area contributed by atoms with Gasteiger partial charge in [0.05, 0.1) is 30.1 Å². The van der Waals surface area contributed by atoms with E-state index in [4.69, 9.17) is 9.47 Å². The molecule has 3 rings (SSSR count). The van der Waals surface area contributed by atoms with Crippen LogP contribution in [0.4, 0.5) is 5.13 Å². The first-order valence-corrected chi connectivity index (χ1v) is 10.7. The van der Waals surface area contributed by atoms with Gasteiger partial charge in [-0.05, 0) is 40.0 Å². The first kappa shape index (κ1) is 20.4. The van der Waals surface area contributed by atoms with Gasteiger partial charge >= 0.3 is 0 Å². The minimum Gasteiger partial charge on any atom is -0.493 e. The number of thiazole rings is 1. The predicted octanol–water partition coefficient (Wildman–Crippen LogP) is 6.21. The lowest BCUT2D eigenvalue weighted by molar-refractivity contribution is 0.286. The van der Waals surface area contributed by atoms with E-state index in [1.165, 1.54) is 11.3 Å². The average molecular weight is 460 g/mol. The van der Waals surface area contributed by atoms with Crippen LogP contribution in [-0.4, -0.2) is 24.9 Å². The molecule has 1 N–H and O–H groups in total. The first-order valence-electron chi connectivity index (χ1n) is 9.01. The van der Waals surface area contributed by atoms with Crippen molar-refractivity contribution in [1.29, 1.82) is 0 Å². The van der Waals surface area contributed by atoms with Gasteiger partial charge in [-0.2, -0.15) is 5.10 Å². The molecule has 0 atom stereocenters. The van der Waals surface area contributed by atoms with E-state index in [2.05, 4.69) is 38.4 Å². The van der Waals surface area contributed by atoms with Crippen LogP contribution in [0.3, 0.4) is 0 Å².